The Morgan fingerprint density at radius 3 is 2.45 bits per heavy atom. The zero-order valence-corrected chi connectivity index (χ0v) is 18.1. The second-order valence-electron chi connectivity index (χ2n) is 6.89. The summed E-state index contributed by atoms with van der Waals surface area (Å²) in [6.45, 7) is 0.0382. The maximum atomic E-state index is 13.0. The lowest BCUT2D eigenvalue weighted by Crippen LogP contribution is -2.34. The molecule has 0 bridgehead atoms. The molecule has 9 nitrogen and oxygen atoms in total. The van der Waals surface area contributed by atoms with Gasteiger partial charge in [-0.1, -0.05) is 24.4 Å². The summed E-state index contributed by atoms with van der Waals surface area (Å²) in [5.74, 6) is -2.63. The van der Waals surface area contributed by atoms with Crippen LogP contribution in [-0.2, 0) is 19.6 Å². The first-order valence-corrected chi connectivity index (χ1v) is 11.5. The molecule has 0 spiro atoms. The van der Waals surface area contributed by atoms with Gasteiger partial charge in [-0.15, -0.1) is 0 Å². The molecule has 0 unspecified atom stereocenters. The molecule has 11 heteroatoms. The number of sulfonamides is 1. The lowest BCUT2D eigenvalue weighted by molar-refractivity contribution is -0.123. The van der Waals surface area contributed by atoms with Crippen LogP contribution in [0.3, 0.4) is 0 Å². The molecule has 0 atom stereocenters. The molecule has 1 aromatic heterocycles. The lowest BCUT2D eigenvalue weighted by atomic mass is 10.2. The average Bonchev–Trinajstić information content (AvgIpc) is 3.14. The van der Waals surface area contributed by atoms with Gasteiger partial charge in [0.2, 0.25) is 10.0 Å². The monoisotopic (exact) mass is 468 g/mol. The Morgan fingerprint density at radius 2 is 1.81 bits per heavy atom. The maximum Gasteiger partial charge on any atom is 0.338 e. The van der Waals surface area contributed by atoms with Crippen molar-refractivity contribution in [3.63, 3.8) is 0 Å². The molecule has 1 saturated heterocycles. The van der Waals surface area contributed by atoms with Gasteiger partial charge in [0.1, 0.15) is 4.90 Å². The van der Waals surface area contributed by atoms with E-state index in [9.17, 15) is 22.8 Å². The van der Waals surface area contributed by atoms with Gasteiger partial charge < -0.3 is 9.15 Å². The van der Waals surface area contributed by atoms with Gasteiger partial charge in [-0.05, 0) is 43.2 Å². The van der Waals surface area contributed by atoms with E-state index in [-0.39, 0.29) is 21.2 Å². The minimum absolute atomic E-state index is 0.0115. The highest BCUT2D eigenvalue weighted by Crippen LogP contribution is 2.28. The van der Waals surface area contributed by atoms with Crippen LogP contribution in [0.25, 0.3) is 0 Å². The van der Waals surface area contributed by atoms with E-state index in [0.717, 1.165) is 31.7 Å². The highest BCUT2D eigenvalue weighted by Gasteiger charge is 2.28. The Hall–Kier alpha value is -2.69. The molecule has 1 aromatic carbocycles. The van der Waals surface area contributed by atoms with Crippen molar-refractivity contribution in [1.29, 1.82) is 0 Å². The van der Waals surface area contributed by atoms with Crippen LogP contribution in [0.2, 0.25) is 5.02 Å². The van der Waals surface area contributed by atoms with Gasteiger partial charge in [-0.2, -0.15) is 4.31 Å². The second kappa shape index (κ2) is 10.1. The average molecular weight is 469 g/mol. The first-order chi connectivity index (χ1) is 14.8. The third-order valence-electron chi connectivity index (χ3n) is 4.68. The molecule has 166 valence electrons. The van der Waals surface area contributed by atoms with E-state index < -0.39 is 34.4 Å². The Morgan fingerprint density at radius 1 is 1.10 bits per heavy atom. The van der Waals surface area contributed by atoms with E-state index in [1.165, 1.54) is 34.8 Å². The molecule has 1 aliphatic heterocycles. The number of furan rings is 1. The Kier molecular flexibility index (Phi) is 7.47. The number of nitrogens with one attached hydrogen (secondary N) is 1. The number of carbonyl (C=O) groups is 3. The van der Waals surface area contributed by atoms with Crippen LogP contribution in [0.4, 0.5) is 0 Å². The number of hydrogen-bond acceptors (Lipinski definition) is 7. The number of amides is 2. The standard InChI is InChI=1S/C20H21ClN2O7S/c21-15-8-7-14(12-17(15)31(27,28)23-9-3-1-2-4-10-23)20(26)30-13-18(24)22-19(25)16-6-5-11-29-16/h5-8,11-12H,1-4,9-10,13H2,(H,22,24,25). The van der Waals surface area contributed by atoms with E-state index in [1.54, 1.807) is 0 Å². The third-order valence-corrected chi connectivity index (χ3v) is 7.06. The van der Waals surface area contributed by atoms with Crippen molar-refractivity contribution in [3.05, 3.63) is 52.9 Å². The predicted octanol–water partition coefficient (Wildman–Crippen LogP) is 2.61. The zero-order valence-electron chi connectivity index (χ0n) is 16.5. The fraction of sp³-hybridized carbons (Fsp3) is 0.350. The van der Waals surface area contributed by atoms with E-state index in [2.05, 4.69) is 0 Å². The van der Waals surface area contributed by atoms with Crippen LogP contribution in [0, 0.1) is 0 Å². The van der Waals surface area contributed by atoms with Crippen LogP contribution >= 0.6 is 11.6 Å². The van der Waals surface area contributed by atoms with E-state index in [0.29, 0.717) is 13.1 Å². The van der Waals surface area contributed by atoms with Crippen molar-refractivity contribution in [2.24, 2.45) is 0 Å². The first kappa shape index (κ1) is 23.0. The lowest BCUT2D eigenvalue weighted by Gasteiger charge is -2.21. The number of imide groups is 1. The number of benzene rings is 1. The van der Waals surface area contributed by atoms with Gasteiger partial charge in [-0.3, -0.25) is 14.9 Å². The molecule has 1 fully saturated rings. The normalized spacial score (nSPS) is 15.1. The van der Waals surface area contributed by atoms with Crippen LogP contribution in [0.5, 0.6) is 0 Å². The van der Waals surface area contributed by atoms with Crippen molar-refractivity contribution in [2.45, 2.75) is 30.6 Å². The Labute approximate surface area is 184 Å². The first-order valence-electron chi connectivity index (χ1n) is 9.63. The molecule has 2 heterocycles. The predicted molar refractivity (Wildman–Crippen MR) is 110 cm³/mol. The van der Waals surface area contributed by atoms with Crippen molar-refractivity contribution < 1.29 is 32.0 Å². The van der Waals surface area contributed by atoms with Gasteiger partial charge >= 0.3 is 5.97 Å². The summed E-state index contributed by atoms with van der Waals surface area (Å²) in [6.07, 6.45) is 4.69. The number of esters is 1. The summed E-state index contributed by atoms with van der Waals surface area (Å²) in [5, 5.41) is 2.00. The van der Waals surface area contributed by atoms with Gasteiger partial charge in [0.05, 0.1) is 16.8 Å². The van der Waals surface area contributed by atoms with Crippen molar-refractivity contribution in [1.82, 2.24) is 9.62 Å². The maximum absolute atomic E-state index is 13.0. The van der Waals surface area contributed by atoms with E-state index in [1.807, 2.05) is 5.32 Å². The number of carbonyl (C=O) groups excluding carboxylic acids is 3. The topological polar surface area (TPSA) is 123 Å². The molecule has 2 aromatic rings. The Bertz CT molecular complexity index is 1060. The summed E-state index contributed by atoms with van der Waals surface area (Å²) in [7, 11) is -3.89. The fourth-order valence-electron chi connectivity index (χ4n) is 3.10. The van der Waals surface area contributed by atoms with Gasteiger partial charge in [-0.25, -0.2) is 13.2 Å². The largest absolute Gasteiger partial charge is 0.459 e. The van der Waals surface area contributed by atoms with Crippen LogP contribution in [-0.4, -0.2) is 50.2 Å². The quantitative estimate of drug-likeness (QED) is 0.646. The third kappa shape index (κ3) is 5.72. The van der Waals surface area contributed by atoms with Gasteiger partial charge in [0.25, 0.3) is 11.8 Å². The molecule has 1 N–H and O–H groups in total. The molecule has 0 radical (unpaired) electrons. The smallest absolute Gasteiger partial charge is 0.338 e. The van der Waals surface area contributed by atoms with Crippen molar-refractivity contribution in [2.75, 3.05) is 19.7 Å². The Balaban J connectivity index is 1.66. The van der Waals surface area contributed by atoms with Crippen molar-refractivity contribution in [3.8, 4) is 0 Å². The number of nitrogens with zero attached hydrogens (tertiary/aromatic N) is 1. The highest BCUT2D eigenvalue weighted by atomic mass is 35.5. The SMILES string of the molecule is O=C(COC(=O)c1ccc(Cl)c(S(=O)(=O)N2CCCCCC2)c1)NC(=O)c1ccco1. The molecular weight excluding hydrogens is 448 g/mol. The summed E-state index contributed by atoms with van der Waals surface area (Å²) < 4.78 is 37.1. The summed E-state index contributed by atoms with van der Waals surface area (Å²) in [5.41, 5.74) is -0.0806. The molecule has 0 saturated carbocycles. The van der Waals surface area contributed by atoms with E-state index >= 15 is 0 Å². The highest BCUT2D eigenvalue weighted by molar-refractivity contribution is 7.89. The number of hydrogen-bond donors (Lipinski definition) is 1. The molecule has 3 rings (SSSR count). The minimum Gasteiger partial charge on any atom is -0.459 e. The fourth-order valence-corrected chi connectivity index (χ4v) is 5.11. The number of ether oxygens (including phenoxy) is 1. The molecule has 0 aliphatic carbocycles. The summed E-state index contributed by atoms with van der Waals surface area (Å²) in [6, 6.07) is 6.59. The van der Waals surface area contributed by atoms with E-state index in [4.69, 9.17) is 20.8 Å². The summed E-state index contributed by atoms with van der Waals surface area (Å²) >= 11 is 6.11. The van der Waals surface area contributed by atoms with Crippen LogP contribution in [0.1, 0.15) is 46.6 Å². The molecule has 31 heavy (non-hydrogen) atoms. The number of rotatable bonds is 6. The van der Waals surface area contributed by atoms with Crippen molar-refractivity contribution >= 4 is 39.4 Å². The minimum atomic E-state index is -3.89. The summed E-state index contributed by atoms with van der Waals surface area (Å²) in [4.78, 5) is 35.7. The zero-order chi connectivity index (χ0) is 22.4. The number of halogens is 1. The van der Waals surface area contributed by atoms with Gasteiger partial charge in [0, 0.05) is 13.1 Å². The van der Waals surface area contributed by atoms with Crippen LogP contribution < -0.4 is 5.32 Å². The molecular formula is C20H21ClN2O7S. The second-order valence-corrected chi connectivity index (χ2v) is 9.21. The van der Waals surface area contributed by atoms with Crippen LogP contribution in [0.15, 0.2) is 45.9 Å². The molecule has 1 aliphatic rings. The van der Waals surface area contributed by atoms with Gasteiger partial charge in [0.15, 0.2) is 12.4 Å². The molecule has 2 amide bonds.